The Morgan fingerprint density at radius 3 is 2.58 bits per heavy atom. The minimum Gasteiger partial charge on any atom is -0.395 e. The zero-order valence-electron chi connectivity index (χ0n) is 6.94. The largest absolute Gasteiger partial charge is 0.395 e. The number of rotatable bonds is 5. The van der Waals surface area contributed by atoms with Gasteiger partial charge in [-0.15, -0.1) is 12.4 Å². The van der Waals surface area contributed by atoms with Crippen LogP contribution in [0.15, 0.2) is 10.2 Å². The second kappa shape index (κ2) is 9.73. The third-order valence-electron chi connectivity index (χ3n) is 1.45. The highest BCUT2D eigenvalue weighted by atomic mass is 127. The number of hydrogen-bond acceptors (Lipinski definition) is 3. The Kier molecular flexibility index (Phi) is 12.3. The maximum atomic E-state index is 8.70. The van der Waals surface area contributed by atoms with Crippen molar-refractivity contribution in [1.29, 1.82) is 0 Å². The summed E-state index contributed by atoms with van der Waals surface area (Å²) in [6, 6.07) is -0.285. The molecule has 0 bridgehead atoms. The molecule has 5 heteroatoms. The van der Waals surface area contributed by atoms with Gasteiger partial charge >= 0.3 is 0 Å². The Bertz CT molecular complexity index is 124. The molecule has 0 saturated carbocycles. The average Bonchev–Trinajstić information content (AvgIpc) is 2.05. The molecule has 74 valence electrons. The van der Waals surface area contributed by atoms with Gasteiger partial charge in [0.2, 0.25) is 0 Å². The van der Waals surface area contributed by atoms with Gasteiger partial charge in [0.25, 0.3) is 0 Å². The van der Waals surface area contributed by atoms with E-state index in [0.717, 1.165) is 6.42 Å². The highest BCUT2D eigenvalue weighted by Gasteiger charge is 2.13. The third kappa shape index (κ3) is 6.19. The van der Waals surface area contributed by atoms with Crippen LogP contribution in [0.5, 0.6) is 0 Å². The number of methoxy groups -OCH3 is 1. The minimum absolute atomic E-state index is 0. The maximum absolute atomic E-state index is 8.70. The Morgan fingerprint density at radius 1 is 1.67 bits per heavy atom. The molecular weight excluding hydrogens is 292 g/mol. The van der Waals surface area contributed by atoms with Crippen molar-refractivity contribution in [2.75, 3.05) is 13.7 Å². The molecule has 0 heterocycles. The zero-order valence-corrected chi connectivity index (χ0v) is 9.92. The molecule has 0 saturated heterocycles. The quantitative estimate of drug-likeness (QED) is 0.747. The summed E-state index contributed by atoms with van der Waals surface area (Å²) in [4.78, 5) is 0. The van der Waals surface area contributed by atoms with Crippen molar-refractivity contribution in [2.24, 2.45) is 5.73 Å². The normalized spacial score (nSPS) is 15.7. The van der Waals surface area contributed by atoms with Gasteiger partial charge in [-0.25, -0.2) is 0 Å². The molecule has 2 atom stereocenters. The molecular formula is C7H15ClINO2. The first-order valence-corrected chi connectivity index (χ1v) is 4.65. The lowest BCUT2D eigenvalue weighted by Crippen LogP contribution is -2.38. The van der Waals surface area contributed by atoms with Crippen molar-refractivity contribution < 1.29 is 9.84 Å². The molecule has 0 aromatic heterocycles. The van der Waals surface area contributed by atoms with Crippen molar-refractivity contribution >= 4 is 35.0 Å². The number of aliphatic hydroxyl groups excluding tert-OH is 1. The molecule has 0 fully saturated rings. The minimum atomic E-state index is -0.285. The van der Waals surface area contributed by atoms with Crippen LogP contribution in [0.3, 0.4) is 0 Å². The molecule has 0 aliphatic rings. The van der Waals surface area contributed by atoms with Crippen LogP contribution in [-0.4, -0.2) is 31.0 Å². The van der Waals surface area contributed by atoms with Gasteiger partial charge in [0.05, 0.1) is 18.8 Å². The van der Waals surface area contributed by atoms with Gasteiger partial charge in [0.15, 0.2) is 0 Å². The lowest BCUT2D eigenvalue weighted by molar-refractivity contribution is 0.0618. The fraction of sp³-hybridized carbons (Fsp3) is 0.714. The van der Waals surface area contributed by atoms with E-state index in [9.17, 15) is 0 Å². The molecule has 3 nitrogen and oxygen atoms in total. The Morgan fingerprint density at radius 2 is 2.25 bits per heavy atom. The van der Waals surface area contributed by atoms with Crippen LogP contribution in [0.25, 0.3) is 0 Å². The summed E-state index contributed by atoms with van der Waals surface area (Å²) in [5.41, 5.74) is 5.56. The predicted octanol–water partition coefficient (Wildman–Crippen LogP) is 1.08. The average molecular weight is 308 g/mol. The monoisotopic (exact) mass is 307 g/mol. The fourth-order valence-corrected chi connectivity index (χ4v) is 1.04. The SMILES string of the molecule is CO[C@@H](C/C=C/I)[C@H](N)CO.Cl. The van der Waals surface area contributed by atoms with E-state index >= 15 is 0 Å². The van der Waals surface area contributed by atoms with Crippen LogP contribution in [0.2, 0.25) is 0 Å². The molecule has 0 aromatic carbocycles. The van der Waals surface area contributed by atoms with Gasteiger partial charge < -0.3 is 15.6 Å². The first kappa shape index (κ1) is 15.1. The summed E-state index contributed by atoms with van der Waals surface area (Å²) in [7, 11) is 1.60. The van der Waals surface area contributed by atoms with Crippen LogP contribution >= 0.6 is 35.0 Å². The van der Waals surface area contributed by atoms with E-state index in [-0.39, 0.29) is 31.2 Å². The zero-order chi connectivity index (χ0) is 8.69. The smallest absolute Gasteiger partial charge is 0.0779 e. The number of halogens is 2. The van der Waals surface area contributed by atoms with Gasteiger partial charge in [-0.1, -0.05) is 28.7 Å². The third-order valence-corrected chi connectivity index (χ3v) is 1.96. The molecule has 0 unspecified atom stereocenters. The maximum Gasteiger partial charge on any atom is 0.0779 e. The van der Waals surface area contributed by atoms with Gasteiger partial charge in [-0.05, 0) is 10.5 Å². The summed E-state index contributed by atoms with van der Waals surface area (Å²) in [5.74, 6) is 0. The van der Waals surface area contributed by atoms with Crippen molar-refractivity contribution in [3.8, 4) is 0 Å². The Hall–Kier alpha value is 0.640. The standard InChI is InChI=1S/C7H14INO2.ClH/c1-11-7(3-2-4-8)6(9)5-10;/h2,4,6-7,10H,3,5,9H2,1H3;1H/b4-2+;/t6-,7+;/m1./s1. The van der Waals surface area contributed by atoms with E-state index in [1.54, 1.807) is 7.11 Å². The number of nitrogens with two attached hydrogens (primary N) is 1. The molecule has 0 aliphatic carbocycles. The van der Waals surface area contributed by atoms with Crippen LogP contribution in [0, 0.1) is 0 Å². The van der Waals surface area contributed by atoms with Crippen molar-refractivity contribution in [1.82, 2.24) is 0 Å². The summed E-state index contributed by atoms with van der Waals surface area (Å²) in [5, 5.41) is 8.70. The van der Waals surface area contributed by atoms with E-state index < -0.39 is 0 Å². The topological polar surface area (TPSA) is 55.5 Å². The molecule has 0 radical (unpaired) electrons. The van der Waals surface area contributed by atoms with Crippen molar-refractivity contribution in [2.45, 2.75) is 18.6 Å². The first-order valence-electron chi connectivity index (χ1n) is 3.40. The van der Waals surface area contributed by atoms with E-state index in [0.29, 0.717) is 0 Å². The molecule has 12 heavy (non-hydrogen) atoms. The van der Waals surface area contributed by atoms with E-state index in [2.05, 4.69) is 22.6 Å². The molecule has 0 spiro atoms. The summed E-state index contributed by atoms with van der Waals surface area (Å²) < 4.78 is 6.98. The second-order valence-corrected chi connectivity index (χ2v) is 2.94. The predicted molar refractivity (Wildman–Crippen MR) is 60.9 cm³/mol. The molecule has 0 rings (SSSR count). The van der Waals surface area contributed by atoms with E-state index in [1.165, 1.54) is 0 Å². The van der Waals surface area contributed by atoms with Crippen LogP contribution < -0.4 is 5.73 Å². The molecule has 0 aliphatic heterocycles. The Labute approximate surface area is 92.9 Å². The number of hydrogen-bond donors (Lipinski definition) is 2. The highest BCUT2D eigenvalue weighted by molar-refractivity contribution is 14.1. The van der Waals surface area contributed by atoms with Crippen LogP contribution in [0.1, 0.15) is 6.42 Å². The molecule has 3 N–H and O–H groups in total. The summed E-state index contributed by atoms with van der Waals surface area (Å²) in [6.07, 6.45) is 2.64. The van der Waals surface area contributed by atoms with Crippen molar-refractivity contribution in [3.63, 3.8) is 0 Å². The van der Waals surface area contributed by atoms with Crippen molar-refractivity contribution in [3.05, 3.63) is 10.2 Å². The lowest BCUT2D eigenvalue weighted by Gasteiger charge is -2.18. The van der Waals surface area contributed by atoms with Crippen LogP contribution in [0.4, 0.5) is 0 Å². The van der Waals surface area contributed by atoms with Gasteiger partial charge in [-0.3, -0.25) is 0 Å². The first-order chi connectivity index (χ1) is 5.26. The van der Waals surface area contributed by atoms with E-state index in [1.807, 2.05) is 10.2 Å². The van der Waals surface area contributed by atoms with Crippen LogP contribution in [-0.2, 0) is 4.74 Å². The van der Waals surface area contributed by atoms with Gasteiger partial charge in [0, 0.05) is 7.11 Å². The fourth-order valence-electron chi connectivity index (χ4n) is 0.749. The summed E-state index contributed by atoms with van der Waals surface area (Å²) in [6.45, 7) is -0.0341. The second-order valence-electron chi connectivity index (χ2n) is 2.22. The molecule has 0 aromatic rings. The summed E-state index contributed by atoms with van der Waals surface area (Å²) >= 11 is 2.13. The van der Waals surface area contributed by atoms with Gasteiger partial charge in [0.1, 0.15) is 0 Å². The molecule has 0 amide bonds. The number of ether oxygens (including phenoxy) is 1. The lowest BCUT2D eigenvalue weighted by atomic mass is 10.1. The van der Waals surface area contributed by atoms with E-state index in [4.69, 9.17) is 15.6 Å². The Balaban J connectivity index is 0. The van der Waals surface area contributed by atoms with Gasteiger partial charge in [-0.2, -0.15) is 0 Å². The number of aliphatic hydroxyl groups is 1. The highest BCUT2D eigenvalue weighted by Crippen LogP contribution is 2.03.